The quantitative estimate of drug-likeness (QED) is 0.848. The molecular formula is C12H16N4. The Morgan fingerprint density at radius 2 is 2.31 bits per heavy atom. The fourth-order valence-corrected chi connectivity index (χ4v) is 1.71. The van der Waals surface area contributed by atoms with Gasteiger partial charge in [-0.15, -0.1) is 0 Å². The van der Waals surface area contributed by atoms with Crippen LogP contribution in [0.5, 0.6) is 0 Å². The van der Waals surface area contributed by atoms with Gasteiger partial charge in [0.25, 0.3) is 0 Å². The molecule has 2 aromatic rings. The molecule has 0 spiro atoms. The molecule has 0 unspecified atom stereocenters. The highest BCUT2D eigenvalue weighted by Gasteiger charge is 2.03. The van der Waals surface area contributed by atoms with Gasteiger partial charge in [0.15, 0.2) is 0 Å². The maximum Gasteiger partial charge on any atom is 0.202 e. The highest BCUT2D eigenvalue weighted by atomic mass is 15.2. The zero-order valence-electron chi connectivity index (χ0n) is 9.64. The number of aryl methyl sites for hydroxylation is 3. The van der Waals surface area contributed by atoms with Crippen LogP contribution in [0.2, 0.25) is 0 Å². The lowest BCUT2D eigenvalue weighted by atomic mass is 10.2. The summed E-state index contributed by atoms with van der Waals surface area (Å²) in [4.78, 5) is 8.48. The topological polar surface area (TPSA) is 42.7 Å². The van der Waals surface area contributed by atoms with Crippen molar-refractivity contribution in [3.63, 3.8) is 0 Å². The molecule has 0 amide bonds. The molecule has 1 N–H and O–H groups in total. The van der Waals surface area contributed by atoms with Crippen LogP contribution in [-0.4, -0.2) is 21.6 Å². The van der Waals surface area contributed by atoms with Gasteiger partial charge in [-0.2, -0.15) is 0 Å². The Morgan fingerprint density at radius 1 is 1.44 bits per heavy atom. The first-order valence-electron chi connectivity index (χ1n) is 5.40. The number of anilines is 1. The molecule has 2 aromatic heterocycles. The molecule has 16 heavy (non-hydrogen) atoms. The lowest BCUT2D eigenvalue weighted by Gasteiger charge is -2.06. The fraction of sp³-hybridized carbons (Fsp3) is 0.333. The summed E-state index contributed by atoms with van der Waals surface area (Å²) >= 11 is 0. The number of nitrogens with one attached hydrogen (secondary N) is 1. The minimum atomic E-state index is 0.918. The first kappa shape index (κ1) is 10.7. The van der Waals surface area contributed by atoms with Crippen LogP contribution in [0.25, 0.3) is 0 Å². The van der Waals surface area contributed by atoms with Gasteiger partial charge in [0.2, 0.25) is 5.95 Å². The van der Waals surface area contributed by atoms with Crippen molar-refractivity contribution in [3.05, 3.63) is 42.0 Å². The zero-order chi connectivity index (χ0) is 11.4. The summed E-state index contributed by atoms with van der Waals surface area (Å²) < 4.78 is 2.13. The zero-order valence-corrected chi connectivity index (χ0v) is 9.64. The lowest BCUT2D eigenvalue weighted by Crippen LogP contribution is -2.05. The second-order valence-electron chi connectivity index (χ2n) is 3.76. The average Bonchev–Trinajstić information content (AvgIpc) is 2.68. The molecule has 0 fully saturated rings. The molecule has 0 atom stereocenters. The Balaban J connectivity index is 2.04. The minimum Gasteiger partial charge on any atom is -0.359 e. The third kappa shape index (κ3) is 2.39. The molecule has 0 saturated carbocycles. The van der Waals surface area contributed by atoms with E-state index in [9.17, 15) is 0 Å². The first-order valence-corrected chi connectivity index (χ1v) is 5.40. The van der Waals surface area contributed by atoms with E-state index in [1.165, 1.54) is 5.56 Å². The van der Waals surface area contributed by atoms with Gasteiger partial charge < -0.3 is 9.88 Å². The molecule has 0 bridgehead atoms. The van der Waals surface area contributed by atoms with E-state index < -0.39 is 0 Å². The summed E-state index contributed by atoms with van der Waals surface area (Å²) in [6.07, 6.45) is 6.73. The Morgan fingerprint density at radius 3 is 3.00 bits per heavy atom. The summed E-state index contributed by atoms with van der Waals surface area (Å²) in [6, 6.07) is 4.06. The smallest absolute Gasteiger partial charge is 0.202 e. The maximum absolute atomic E-state index is 4.38. The summed E-state index contributed by atoms with van der Waals surface area (Å²) in [5, 5.41) is 3.09. The molecule has 2 heterocycles. The normalized spacial score (nSPS) is 10.4. The van der Waals surface area contributed by atoms with Gasteiger partial charge in [0.05, 0.1) is 5.69 Å². The molecule has 2 rings (SSSR count). The molecule has 4 heteroatoms. The Bertz CT molecular complexity index is 447. The highest BCUT2D eigenvalue weighted by molar-refractivity contribution is 5.27. The third-order valence-corrected chi connectivity index (χ3v) is 2.48. The predicted octanol–water partition coefficient (Wildman–Crippen LogP) is 1.87. The van der Waals surface area contributed by atoms with Gasteiger partial charge in [-0.1, -0.05) is 6.07 Å². The summed E-state index contributed by atoms with van der Waals surface area (Å²) in [7, 11) is 1.89. The van der Waals surface area contributed by atoms with Crippen LogP contribution in [0.3, 0.4) is 0 Å². The molecule has 0 saturated heterocycles. The molecule has 84 valence electrons. The van der Waals surface area contributed by atoms with E-state index in [0.717, 1.165) is 24.6 Å². The number of hydrogen-bond acceptors (Lipinski definition) is 3. The molecule has 0 radical (unpaired) electrons. The van der Waals surface area contributed by atoms with Crippen LogP contribution in [0.15, 0.2) is 30.7 Å². The molecule has 0 aromatic carbocycles. The number of nitrogens with zero attached hydrogens (tertiary/aromatic N) is 3. The number of imidazole rings is 1. The first-order chi connectivity index (χ1) is 7.79. The van der Waals surface area contributed by atoms with Crippen LogP contribution >= 0.6 is 0 Å². The standard InChI is InChI=1S/C12H16N4/c1-10-9-16(12(13-2)15-10)7-5-11-4-3-6-14-8-11/h3-4,6,8-9H,5,7H2,1-2H3,(H,13,15). The van der Waals surface area contributed by atoms with Crippen molar-refractivity contribution in [2.45, 2.75) is 19.9 Å². The predicted molar refractivity (Wildman–Crippen MR) is 64.5 cm³/mol. The Hall–Kier alpha value is -1.84. The number of hydrogen-bond donors (Lipinski definition) is 1. The largest absolute Gasteiger partial charge is 0.359 e. The van der Waals surface area contributed by atoms with Crippen LogP contribution in [0.4, 0.5) is 5.95 Å². The summed E-state index contributed by atoms with van der Waals surface area (Å²) in [6.45, 7) is 2.92. The van der Waals surface area contributed by atoms with Crippen molar-refractivity contribution in [2.24, 2.45) is 0 Å². The van der Waals surface area contributed by atoms with Crippen LogP contribution in [-0.2, 0) is 13.0 Å². The van der Waals surface area contributed by atoms with Crippen molar-refractivity contribution >= 4 is 5.95 Å². The third-order valence-electron chi connectivity index (χ3n) is 2.48. The van der Waals surface area contributed by atoms with Gasteiger partial charge in [0.1, 0.15) is 0 Å². The number of rotatable bonds is 4. The maximum atomic E-state index is 4.38. The van der Waals surface area contributed by atoms with Gasteiger partial charge in [-0.05, 0) is 25.0 Å². The van der Waals surface area contributed by atoms with Crippen molar-refractivity contribution in [3.8, 4) is 0 Å². The van der Waals surface area contributed by atoms with E-state index in [4.69, 9.17) is 0 Å². The SMILES string of the molecule is CNc1nc(C)cn1CCc1cccnc1. The minimum absolute atomic E-state index is 0.918. The number of aromatic nitrogens is 3. The lowest BCUT2D eigenvalue weighted by molar-refractivity contribution is 0.701. The fourth-order valence-electron chi connectivity index (χ4n) is 1.71. The molecule has 0 aliphatic rings. The van der Waals surface area contributed by atoms with Crippen LogP contribution in [0, 0.1) is 6.92 Å². The average molecular weight is 216 g/mol. The van der Waals surface area contributed by atoms with Crippen molar-refractivity contribution in [1.82, 2.24) is 14.5 Å². The summed E-state index contributed by atoms with van der Waals surface area (Å²) in [5.41, 5.74) is 2.28. The van der Waals surface area contributed by atoms with Gasteiger partial charge in [0, 0.05) is 32.2 Å². The van der Waals surface area contributed by atoms with Crippen molar-refractivity contribution in [1.29, 1.82) is 0 Å². The van der Waals surface area contributed by atoms with Gasteiger partial charge >= 0.3 is 0 Å². The van der Waals surface area contributed by atoms with Gasteiger partial charge in [-0.25, -0.2) is 4.98 Å². The van der Waals surface area contributed by atoms with Crippen molar-refractivity contribution in [2.75, 3.05) is 12.4 Å². The molecular weight excluding hydrogens is 200 g/mol. The Labute approximate surface area is 95.4 Å². The van der Waals surface area contributed by atoms with E-state index in [1.54, 1.807) is 6.20 Å². The van der Waals surface area contributed by atoms with Gasteiger partial charge in [-0.3, -0.25) is 4.98 Å². The molecule has 4 nitrogen and oxygen atoms in total. The van der Waals surface area contributed by atoms with Crippen molar-refractivity contribution < 1.29 is 0 Å². The van der Waals surface area contributed by atoms with E-state index in [0.29, 0.717) is 0 Å². The van der Waals surface area contributed by atoms with Crippen LogP contribution < -0.4 is 5.32 Å². The van der Waals surface area contributed by atoms with E-state index >= 15 is 0 Å². The second kappa shape index (κ2) is 4.79. The second-order valence-corrected chi connectivity index (χ2v) is 3.76. The monoisotopic (exact) mass is 216 g/mol. The summed E-state index contributed by atoms with van der Waals surface area (Å²) in [5.74, 6) is 0.918. The molecule has 0 aliphatic carbocycles. The molecule has 0 aliphatic heterocycles. The van der Waals surface area contributed by atoms with E-state index in [2.05, 4.69) is 32.1 Å². The van der Waals surface area contributed by atoms with E-state index in [1.807, 2.05) is 26.2 Å². The van der Waals surface area contributed by atoms with Crippen LogP contribution in [0.1, 0.15) is 11.3 Å². The number of pyridine rings is 1. The highest BCUT2D eigenvalue weighted by Crippen LogP contribution is 2.09. The Kier molecular flexibility index (Phi) is 3.19. The van der Waals surface area contributed by atoms with E-state index in [-0.39, 0.29) is 0 Å².